The van der Waals surface area contributed by atoms with E-state index in [1.54, 1.807) is 0 Å². The number of rotatable bonds is 5. The standard InChI is InChI=1S/C13H22F3NO2/c1-2-3-11(18)8-17-12(19)9-4-6-10(7-5-9)13(14,15)16/h9-11,18H,2-8H2,1H3,(H,17,19). The topological polar surface area (TPSA) is 49.3 Å². The van der Waals surface area contributed by atoms with E-state index >= 15 is 0 Å². The van der Waals surface area contributed by atoms with Crippen molar-refractivity contribution in [3.05, 3.63) is 0 Å². The van der Waals surface area contributed by atoms with Gasteiger partial charge in [-0.2, -0.15) is 13.2 Å². The van der Waals surface area contributed by atoms with Crippen molar-refractivity contribution in [2.45, 2.75) is 57.7 Å². The number of aliphatic hydroxyl groups excluding tert-OH is 1. The molecule has 0 aromatic heterocycles. The summed E-state index contributed by atoms with van der Waals surface area (Å²) in [5.41, 5.74) is 0. The third-order valence-corrected chi connectivity index (χ3v) is 3.69. The Morgan fingerprint density at radius 1 is 1.32 bits per heavy atom. The van der Waals surface area contributed by atoms with E-state index in [1.165, 1.54) is 0 Å². The molecule has 19 heavy (non-hydrogen) atoms. The van der Waals surface area contributed by atoms with Gasteiger partial charge < -0.3 is 10.4 Å². The molecule has 1 unspecified atom stereocenters. The normalized spacial score (nSPS) is 25.9. The van der Waals surface area contributed by atoms with Crippen LogP contribution in [0.4, 0.5) is 13.2 Å². The minimum absolute atomic E-state index is 0.0269. The van der Waals surface area contributed by atoms with Crippen LogP contribution in [0.1, 0.15) is 45.4 Å². The zero-order valence-corrected chi connectivity index (χ0v) is 11.2. The van der Waals surface area contributed by atoms with Crippen molar-refractivity contribution >= 4 is 5.91 Å². The SMILES string of the molecule is CCCC(O)CNC(=O)C1CCC(C(F)(F)F)CC1. The van der Waals surface area contributed by atoms with Crippen molar-refractivity contribution in [3.63, 3.8) is 0 Å². The first-order valence-corrected chi connectivity index (χ1v) is 6.87. The predicted molar refractivity (Wildman–Crippen MR) is 65.4 cm³/mol. The van der Waals surface area contributed by atoms with E-state index in [2.05, 4.69) is 5.32 Å². The molecule has 2 N–H and O–H groups in total. The first-order chi connectivity index (χ1) is 8.84. The van der Waals surface area contributed by atoms with Gasteiger partial charge in [-0.3, -0.25) is 4.79 Å². The van der Waals surface area contributed by atoms with Crippen LogP contribution in [0.25, 0.3) is 0 Å². The lowest BCUT2D eigenvalue weighted by Gasteiger charge is -2.29. The molecule has 1 fully saturated rings. The van der Waals surface area contributed by atoms with Crippen LogP contribution in [-0.2, 0) is 4.79 Å². The fourth-order valence-electron chi connectivity index (χ4n) is 2.48. The number of amides is 1. The van der Waals surface area contributed by atoms with E-state index in [-0.39, 0.29) is 44.1 Å². The first-order valence-electron chi connectivity index (χ1n) is 6.87. The largest absolute Gasteiger partial charge is 0.391 e. The van der Waals surface area contributed by atoms with Gasteiger partial charge in [0.2, 0.25) is 5.91 Å². The molecule has 0 aliphatic heterocycles. The molecule has 0 saturated heterocycles. The maximum absolute atomic E-state index is 12.5. The summed E-state index contributed by atoms with van der Waals surface area (Å²) in [6.45, 7) is 2.12. The van der Waals surface area contributed by atoms with Gasteiger partial charge in [-0.05, 0) is 32.1 Å². The number of halogens is 3. The molecular weight excluding hydrogens is 259 g/mol. The Balaban J connectivity index is 2.29. The number of carbonyl (C=O) groups excluding carboxylic acids is 1. The fourth-order valence-corrected chi connectivity index (χ4v) is 2.48. The van der Waals surface area contributed by atoms with Gasteiger partial charge in [-0.25, -0.2) is 0 Å². The average molecular weight is 281 g/mol. The van der Waals surface area contributed by atoms with E-state index < -0.39 is 18.2 Å². The Morgan fingerprint density at radius 2 is 1.89 bits per heavy atom. The smallest absolute Gasteiger partial charge is 0.391 e. The second-order valence-electron chi connectivity index (χ2n) is 5.28. The molecular formula is C13H22F3NO2. The molecule has 1 aliphatic rings. The number of hydrogen-bond acceptors (Lipinski definition) is 2. The van der Waals surface area contributed by atoms with Crippen LogP contribution in [0.15, 0.2) is 0 Å². The highest BCUT2D eigenvalue weighted by Crippen LogP contribution is 2.39. The van der Waals surface area contributed by atoms with Crippen LogP contribution >= 0.6 is 0 Å². The van der Waals surface area contributed by atoms with Crippen LogP contribution in [0.5, 0.6) is 0 Å². The van der Waals surface area contributed by atoms with E-state index in [9.17, 15) is 23.1 Å². The minimum Gasteiger partial charge on any atom is -0.391 e. The number of alkyl halides is 3. The molecule has 1 aliphatic carbocycles. The minimum atomic E-state index is -4.14. The molecule has 1 rings (SSSR count). The van der Waals surface area contributed by atoms with Crippen molar-refractivity contribution in [3.8, 4) is 0 Å². The summed E-state index contributed by atoms with van der Waals surface area (Å²) in [4.78, 5) is 11.8. The summed E-state index contributed by atoms with van der Waals surface area (Å²) >= 11 is 0. The molecule has 0 heterocycles. The van der Waals surface area contributed by atoms with Gasteiger partial charge in [0.15, 0.2) is 0 Å². The lowest BCUT2D eigenvalue weighted by molar-refractivity contribution is -0.184. The molecule has 0 radical (unpaired) electrons. The lowest BCUT2D eigenvalue weighted by Crippen LogP contribution is -2.39. The Kier molecular flexibility index (Phi) is 6.10. The first kappa shape index (κ1) is 16.3. The van der Waals surface area contributed by atoms with Crippen molar-refractivity contribution < 1.29 is 23.1 Å². The van der Waals surface area contributed by atoms with Crippen LogP contribution in [0.3, 0.4) is 0 Å². The molecule has 0 aromatic carbocycles. The van der Waals surface area contributed by atoms with Gasteiger partial charge in [0, 0.05) is 12.5 Å². The molecule has 112 valence electrons. The van der Waals surface area contributed by atoms with Gasteiger partial charge in [0.1, 0.15) is 0 Å². The summed E-state index contributed by atoms with van der Waals surface area (Å²) in [5, 5.41) is 12.1. The Bertz CT molecular complexity index is 286. The Morgan fingerprint density at radius 3 is 2.37 bits per heavy atom. The van der Waals surface area contributed by atoms with Gasteiger partial charge in [0.05, 0.1) is 12.0 Å². The van der Waals surface area contributed by atoms with Crippen LogP contribution in [0.2, 0.25) is 0 Å². The predicted octanol–water partition coefficient (Wildman–Crippen LogP) is 2.63. The monoisotopic (exact) mass is 281 g/mol. The molecule has 1 amide bonds. The Labute approximate surface area is 111 Å². The zero-order valence-electron chi connectivity index (χ0n) is 11.2. The van der Waals surface area contributed by atoms with Gasteiger partial charge in [0.25, 0.3) is 0 Å². The number of nitrogens with one attached hydrogen (secondary N) is 1. The van der Waals surface area contributed by atoms with Crippen LogP contribution in [-0.4, -0.2) is 29.8 Å². The second kappa shape index (κ2) is 7.12. The average Bonchev–Trinajstić information content (AvgIpc) is 2.35. The lowest BCUT2D eigenvalue weighted by atomic mass is 9.81. The van der Waals surface area contributed by atoms with Gasteiger partial charge in [-0.1, -0.05) is 13.3 Å². The molecule has 3 nitrogen and oxygen atoms in total. The maximum atomic E-state index is 12.5. The molecule has 1 saturated carbocycles. The highest BCUT2D eigenvalue weighted by molar-refractivity contribution is 5.78. The van der Waals surface area contributed by atoms with E-state index in [0.29, 0.717) is 6.42 Å². The fraction of sp³-hybridized carbons (Fsp3) is 0.923. The van der Waals surface area contributed by atoms with Crippen molar-refractivity contribution in [2.75, 3.05) is 6.54 Å². The van der Waals surface area contributed by atoms with E-state index in [0.717, 1.165) is 6.42 Å². The summed E-state index contributed by atoms with van der Waals surface area (Å²) in [6, 6.07) is 0. The summed E-state index contributed by atoms with van der Waals surface area (Å²) in [6.07, 6.45) is -2.66. The summed E-state index contributed by atoms with van der Waals surface area (Å²) < 4.78 is 37.4. The van der Waals surface area contributed by atoms with Crippen LogP contribution < -0.4 is 5.32 Å². The summed E-state index contributed by atoms with van der Waals surface area (Å²) in [5.74, 6) is -1.83. The number of carbonyl (C=O) groups is 1. The van der Waals surface area contributed by atoms with Crippen molar-refractivity contribution in [2.24, 2.45) is 11.8 Å². The Hall–Kier alpha value is -0.780. The van der Waals surface area contributed by atoms with Crippen molar-refractivity contribution in [1.82, 2.24) is 5.32 Å². The summed E-state index contributed by atoms with van der Waals surface area (Å²) in [7, 11) is 0. The van der Waals surface area contributed by atoms with E-state index in [1.807, 2.05) is 6.92 Å². The molecule has 0 bridgehead atoms. The highest BCUT2D eigenvalue weighted by Gasteiger charge is 2.42. The number of aliphatic hydroxyl groups is 1. The van der Waals surface area contributed by atoms with Crippen LogP contribution in [0, 0.1) is 11.8 Å². The van der Waals surface area contributed by atoms with Gasteiger partial charge >= 0.3 is 6.18 Å². The highest BCUT2D eigenvalue weighted by atomic mass is 19.4. The van der Waals surface area contributed by atoms with Crippen molar-refractivity contribution in [1.29, 1.82) is 0 Å². The molecule has 0 aromatic rings. The van der Waals surface area contributed by atoms with Gasteiger partial charge in [-0.15, -0.1) is 0 Å². The molecule has 0 spiro atoms. The maximum Gasteiger partial charge on any atom is 0.391 e. The quantitative estimate of drug-likeness (QED) is 0.814. The molecule has 6 heteroatoms. The number of hydrogen-bond donors (Lipinski definition) is 2. The third-order valence-electron chi connectivity index (χ3n) is 3.69. The van der Waals surface area contributed by atoms with E-state index in [4.69, 9.17) is 0 Å². The second-order valence-corrected chi connectivity index (χ2v) is 5.28. The zero-order chi connectivity index (χ0) is 14.5. The molecule has 1 atom stereocenters. The third kappa shape index (κ3) is 5.38.